The second kappa shape index (κ2) is 8.53. The fourth-order valence-corrected chi connectivity index (χ4v) is 5.58. The molecule has 162 valence electrons. The lowest BCUT2D eigenvalue weighted by Crippen LogP contribution is -2.60. The van der Waals surface area contributed by atoms with Gasteiger partial charge in [0.05, 0.1) is 5.54 Å². The van der Waals surface area contributed by atoms with Crippen molar-refractivity contribution >= 4 is 54.7 Å². The van der Waals surface area contributed by atoms with Crippen LogP contribution in [-0.4, -0.2) is 66.8 Å². The van der Waals surface area contributed by atoms with Gasteiger partial charge in [0, 0.05) is 24.5 Å². The summed E-state index contributed by atoms with van der Waals surface area (Å²) in [5.41, 5.74) is 4.01. The van der Waals surface area contributed by atoms with Crippen LogP contribution >= 0.6 is 11.6 Å². The van der Waals surface area contributed by atoms with Crippen molar-refractivity contribution in [3.63, 3.8) is 0 Å². The van der Waals surface area contributed by atoms with E-state index in [4.69, 9.17) is 21.8 Å². The molecule has 0 radical (unpaired) electrons. The molecule has 1 heterocycles. The first-order valence-corrected chi connectivity index (χ1v) is 11.8. The normalized spacial score (nSPS) is 13.0. The summed E-state index contributed by atoms with van der Waals surface area (Å²) in [5, 5.41) is 0.341. The Morgan fingerprint density at radius 2 is 1.83 bits per heavy atom. The first kappa shape index (κ1) is 23.5. The lowest BCUT2D eigenvalue weighted by Gasteiger charge is -2.41. The molecule has 2 rings (SSSR count). The van der Waals surface area contributed by atoms with E-state index in [1.807, 2.05) is 0 Å². The van der Waals surface area contributed by atoms with E-state index in [0.29, 0.717) is 5.02 Å². The molecule has 1 aromatic heterocycles. The van der Waals surface area contributed by atoms with Gasteiger partial charge in [-0.25, -0.2) is 0 Å². The first-order valence-electron chi connectivity index (χ1n) is 8.18. The Morgan fingerprint density at radius 3 is 2.31 bits per heavy atom. The number of anilines is 1. The Kier molecular flexibility index (Phi) is 6.92. The summed E-state index contributed by atoms with van der Waals surface area (Å²) < 4.78 is 71.4. The van der Waals surface area contributed by atoms with Gasteiger partial charge in [-0.15, -0.1) is 0 Å². The molecule has 0 aliphatic rings. The molecule has 0 unspecified atom stereocenters. The summed E-state index contributed by atoms with van der Waals surface area (Å²) in [6, 6.07) is 4.22. The summed E-state index contributed by atoms with van der Waals surface area (Å²) in [6.45, 7) is 0.796. The van der Waals surface area contributed by atoms with Crippen molar-refractivity contribution in [3.8, 4) is 0 Å². The minimum Gasteiger partial charge on any atom is -0.423 e. The minimum absolute atomic E-state index is 0.115. The molecule has 0 fully saturated rings. The lowest BCUT2D eigenvalue weighted by molar-refractivity contribution is -0.117. The molecule has 14 heteroatoms. The van der Waals surface area contributed by atoms with Gasteiger partial charge in [-0.2, -0.15) is 21.8 Å². The van der Waals surface area contributed by atoms with E-state index in [2.05, 4.69) is 4.98 Å². The van der Waals surface area contributed by atoms with E-state index >= 15 is 0 Å². The van der Waals surface area contributed by atoms with Crippen molar-refractivity contribution in [1.29, 1.82) is 0 Å². The zero-order valence-electron chi connectivity index (χ0n) is 15.3. The fraction of sp³-hybridized carbons (Fsp3) is 0.467. The van der Waals surface area contributed by atoms with Crippen LogP contribution in [0.2, 0.25) is 5.02 Å². The average molecular weight is 470 g/mol. The monoisotopic (exact) mass is 469 g/mol. The Bertz CT molecular complexity index is 1080. The van der Waals surface area contributed by atoms with E-state index in [1.54, 1.807) is 0 Å². The second-order valence-electron chi connectivity index (χ2n) is 6.60. The maximum absolute atomic E-state index is 11.9. The van der Waals surface area contributed by atoms with Gasteiger partial charge in [-0.05, 0) is 25.1 Å². The van der Waals surface area contributed by atoms with E-state index in [0.717, 1.165) is 11.8 Å². The Morgan fingerprint density at radius 1 is 1.24 bits per heavy atom. The first-order chi connectivity index (χ1) is 13.2. The van der Waals surface area contributed by atoms with Gasteiger partial charge in [0.1, 0.15) is 22.8 Å². The van der Waals surface area contributed by atoms with Gasteiger partial charge in [-0.3, -0.25) is 13.9 Å². The highest BCUT2D eigenvalue weighted by atomic mass is 35.5. The van der Waals surface area contributed by atoms with Crippen LogP contribution in [0.1, 0.15) is 13.3 Å². The molecular formula is C15H20ClN3O8S2. The number of carbonyl (C=O) groups excluding carboxylic acids is 1. The van der Waals surface area contributed by atoms with Crippen LogP contribution in [-0.2, 0) is 25.0 Å². The maximum atomic E-state index is 11.9. The van der Waals surface area contributed by atoms with Gasteiger partial charge in [0.2, 0.25) is 0 Å². The van der Waals surface area contributed by atoms with Gasteiger partial charge in [0.15, 0.2) is 5.58 Å². The summed E-state index contributed by atoms with van der Waals surface area (Å²) >= 11 is 5.92. The van der Waals surface area contributed by atoms with Crippen molar-refractivity contribution in [2.24, 2.45) is 5.73 Å². The van der Waals surface area contributed by atoms with Crippen LogP contribution in [0.3, 0.4) is 0 Å². The van der Waals surface area contributed by atoms with Gasteiger partial charge in [0.25, 0.3) is 26.3 Å². The molecule has 0 bridgehead atoms. The molecule has 29 heavy (non-hydrogen) atoms. The van der Waals surface area contributed by atoms with Crippen molar-refractivity contribution < 1.29 is 35.2 Å². The number of nitrogens with zero attached hydrogens (tertiary/aromatic N) is 2. The third-order valence-electron chi connectivity index (χ3n) is 3.97. The Balaban J connectivity index is 2.75. The number of benzene rings is 1. The zero-order valence-corrected chi connectivity index (χ0v) is 17.7. The van der Waals surface area contributed by atoms with Crippen LogP contribution in [0.4, 0.5) is 6.01 Å². The quantitative estimate of drug-likeness (QED) is 0.417. The molecule has 11 nitrogen and oxygen atoms in total. The third-order valence-corrected chi connectivity index (χ3v) is 6.01. The number of ketones is 1. The standard InChI is InChI=1S/C15H20ClN3O8S2/c1-10(20)7-15(8-28(21,22)23,9-29(24,25)26)19(5-4-17)14-18-12-6-11(16)2-3-13(12)27-14/h2-3,6H,4-5,7-9,17H2,1H3,(H,21,22,23)(H,24,25,26). The van der Waals surface area contributed by atoms with Crippen LogP contribution in [0.15, 0.2) is 22.6 Å². The topological polar surface area (TPSA) is 181 Å². The largest absolute Gasteiger partial charge is 0.423 e. The molecule has 2 aromatic rings. The number of nitrogens with two attached hydrogens (primary N) is 1. The highest BCUT2D eigenvalue weighted by molar-refractivity contribution is 7.86. The minimum atomic E-state index is -4.81. The highest BCUT2D eigenvalue weighted by Crippen LogP contribution is 2.33. The van der Waals surface area contributed by atoms with E-state index in [-0.39, 0.29) is 30.2 Å². The molecule has 1 aromatic carbocycles. The van der Waals surface area contributed by atoms with Crippen molar-refractivity contribution in [3.05, 3.63) is 23.2 Å². The molecule has 0 amide bonds. The molecule has 0 aliphatic heterocycles. The smallest absolute Gasteiger partial charge is 0.298 e. The average Bonchev–Trinajstić information content (AvgIpc) is 2.90. The van der Waals surface area contributed by atoms with E-state index in [1.165, 1.54) is 18.2 Å². The number of halogens is 1. The molecular weight excluding hydrogens is 450 g/mol. The van der Waals surface area contributed by atoms with E-state index < -0.39 is 49.5 Å². The van der Waals surface area contributed by atoms with Gasteiger partial charge in [-0.1, -0.05) is 11.6 Å². The summed E-state index contributed by atoms with van der Waals surface area (Å²) in [4.78, 5) is 17.1. The number of carbonyl (C=O) groups is 1. The van der Waals surface area contributed by atoms with Gasteiger partial charge >= 0.3 is 0 Å². The highest BCUT2D eigenvalue weighted by Gasteiger charge is 2.46. The number of hydrogen-bond donors (Lipinski definition) is 3. The predicted octanol–water partition coefficient (Wildman–Crippen LogP) is 0.740. The van der Waals surface area contributed by atoms with Crippen LogP contribution in [0, 0.1) is 0 Å². The number of oxazole rings is 1. The molecule has 0 saturated carbocycles. The Labute approximate surface area is 172 Å². The maximum Gasteiger partial charge on any atom is 0.298 e. The Hall–Kier alpha value is -1.77. The third kappa shape index (κ3) is 6.35. The summed E-state index contributed by atoms with van der Waals surface area (Å²) in [6.07, 6.45) is -0.661. The number of fused-ring (bicyclic) bond motifs is 1. The number of aromatic nitrogens is 1. The lowest BCUT2D eigenvalue weighted by atomic mass is 9.95. The van der Waals surface area contributed by atoms with Crippen molar-refractivity contribution in [2.75, 3.05) is 29.5 Å². The summed E-state index contributed by atoms with van der Waals surface area (Å²) in [5.74, 6) is -2.99. The van der Waals surface area contributed by atoms with Crippen molar-refractivity contribution in [2.45, 2.75) is 18.9 Å². The molecule has 0 atom stereocenters. The van der Waals surface area contributed by atoms with E-state index in [9.17, 15) is 30.7 Å². The fourth-order valence-electron chi connectivity index (χ4n) is 3.21. The number of rotatable bonds is 10. The van der Waals surface area contributed by atoms with Gasteiger partial charge < -0.3 is 15.1 Å². The number of Topliss-reactive ketones (excluding diaryl/α,β-unsaturated/α-hetero) is 1. The van der Waals surface area contributed by atoms with Crippen LogP contribution in [0.25, 0.3) is 11.1 Å². The second-order valence-corrected chi connectivity index (χ2v) is 9.95. The number of hydrogen-bond acceptors (Lipinski definition) is 9. The summed E-state index contributed by atoms with van der Waals surface area (Å²) in [7, 11) is -9.62. The van der Waals surface area contributed by atoms with Crippen LogP contribution < -0.4 is 10.6 Å². The molecule has 0 spiro atoms. The molecule has 4 N–H and O–H groups in total. The SMILES string of the molecule is CC(=O)CC(CS(=O)(=O)O)(CS(=O)(=O)O)N(CCN)c1nc2cc(Cl)ccc2o1. The molecule has 0 saturated heterocycles. The van der Waals surface area contributed by atoms with Crippen molar-refractivity contribution in [1.82, 2.24) is 4.98 Å². The molecule has 0 aliphatic carbocycles. The predicted molar refractivity (Wildman–Crippen MR) is 106 cm³/mol. The zero-order chi connectivity index (χ0) is 22.0. The van der Waals surface area contributed by atoms with Crippen LogP contribution in [0.5, 0.6) is 0 Å².